The third-order valence-corrected chi connectivity index (χ3v) is 6.17. The van der Waals surface area contributed by atoms with Crippen LogP contribution in [0, 0.1) is 12.7 Å². The molecule has 4 nitrogen and oxygen atoms in total. The lowest BCUT2D eigenvalue weighted by Gasteiger charge is -2.28. The number of carbonyl (C=O) groups is 1. The van der Waals surface area contributed by atoms with Crippen LogP contribution >= 0.6 is 0 Å². The Kier molecular flexibility index (Phi) is 4.90. The highest BCUT2D eigenvalue weighted by Crippen LogP contribution is 2.23. The molecule has 3 rings (SSSR count). The van der Waals surface area contributed by atoms with Crippen LogP contribution in [0.4, 0.5) is 4.39 Å². The second kappa shape index (κ2) is 6.96. The van der Waals surface area contributed by atoms with Crippen LogP contribution in [0.3, 0.4) is 0 Å². The molecular formula is C19H20FNO3S. The van der Waals surface area contributed by atoms with Gasteiger partial charge in [0.2, 0.25) is 0 Å². The zero-order chi connectivity index (χ0) is 18.0. The van der Waals surface area contributed by atoms with E-state index in [-0.39, 0.29) is 35.8 Å². The summed E-state index contributed by atoms with van der Waals surface area (Å²) in [6.07, 6.45) is 0.412. The highest BCUT2D eigenvalue weighted by molar-refractivity contribution is 7.91. The molecule has 1 atom stereocenters. The molecule has 0 saturated carbocycles. The van der Waals surface area contributed by atoms with Crippen LogP contribution in [0.1, 0.15) is 27.9 Å². The van der Waals surface area contributed by atoms with Crippen molar-refractivity contribution in [2.24, 2.45) is 0 Å². The van der Waals surface area contributed by atoms with Gasteiger partial charge in [0.05, 0.1) is 11.5 Å². The van der Waals surface area contributed by atoms with Crippen molar-refractivity contribution in [2.45, 2.75) is 25.9 Å². The summed E-state index contributed by atoms with van der Waals surface area (Å²) in [4.78, 5) is 14.6. The van der Waals surface area contributed by atoms with Crippen molar-refractivity contribution in [2.75, 3.05) is 11.5 Å². The molecule has 1 heterocycles. The predicted molar refractivity (Wildman–Crippen MR) is 94.5 cm³/mol. The smallest absolute Gasteiger partial charge is 0.254 e. The number of amides is 1. The Labute approximate surface area is 147 Å². The Balaban J connectivity index is 1.92. The summed E-state index contributed by atoms with van der Waals surface area (Å²) in [6, 6.07) is 12.9. The van der Waals surface area contributed by atoms with Gasteiger partial charge < -0.3 is 4.90 Å². The molecule has 25 heavy (non-hydrogen) atoms. The van der Waals surface area contributed by atoms with Gasteiger partial charge >= 0.3 is 0 Å². The Hall–Kier alpha value is -2.21. The molecule has 0 unspecified atom stereocenters. The number of rotatable bonds is 4. The summed E-state index contributed by atoms with van der Waals surface area (Å²) in [7, 11) is -3.13. The molecular weight excluding hydrogens is 341 g/mol. The monoisotopic (exact) mass is 361 g/mol. The van der Waals surface area contributed by atoms with Crippen molar-refractivity contribution in [3.63, 3.8) is 0 Å². The molecule has 0 spiro atoms. The molecule has 1 aliphatic rings. The van der Waals surface area contributed by atoms with Crippen LogP contribution in [-0.4, -0.2) is 36.8 Å². The molecule has 0 N–H and O–H groups in total. The normalized spacial score (nSPS) is 18.9. The van der Waals surface area contributed by atoms with Crippen LogP contribution in [0.25, 0.3) is 0 Å². The van der Waals surface area contributed by atoms with Gasteiger partial charge in [0.1, 0.15) is 5.82 Å². The molecule has 2 aromatic rings. The quantitative estimate of drug-likeness (QED) is 0.841. The molecule has 0 radical (unpaired) electrons. The summed E-state index contributed by atoms with van der Waals surface area (Å²) in [6.45, 7) is 2.08. The minimum Gasteiger partial charge on any atom is -0.330 e. The lowest BCUT2D eigenvalue weighted by Crippen LogP contribution is -2.40. The van der Waals surface area contributed by atoms with E-state index in [1.54, 1.807) is 35.2 Å². The number of hydrogen-bond acceptors (Lipinski definition) is 3. The van der Waals surface area contributed by atoms with Gasteiger partial charge in [0, 0.05) is 18.2 Å². The van der Waals surface area contributed by atoms with Crippen LogP contribution in [-0.2, 0) is 16.4 Å². The lowest BCUT2D eigenvalue weighted by molar-refractivity contribution is 0.0680. The first kappa shape index (κ1) is 17.6. The van der Waals surface area contributed by atoms with E-state index in [1.165, 1.54) is 12.1 Å². The maximum Gasteiger partial charge on any atom is 0.254 e. The second-order valence-electron chi connectivity index (χ2n) is 6.49. The zero-order valence-corrected chi connectivity index (χ0v) is 14.8. The molecule has 1 fully saturated rings. The number of hydrogen-bond donors (Lipinski definition) is 0. The molecule has 132 valence electrons. The van der Waals surface area contributed by atoms with Crippen molar-refractivity contribution < 1.29 is 17.6 Å². The molecule has 2 aromatic carbocycles. The third kappa shape index (κ3) is 4.25. The van der Waals surface area contributed by atoms with E-state index >= 15 is 0 Å². The van der Waals surface area contributed by atoms with E-state index in [9.17, 15) is 17.6 Å². The van der Waals surface area contributed by atoms with Crippen LogP contribution in [0.15, 0.2) is 48.5 Å². The summed E-state index contributed by atoms with van der Waals surface area (Å²) in [5, 5.41) is 0. The van der Waals surface area contributed by atoms with E-state index in [0.29, 0.717) is 17.5 Å². The number of aryl methyl sites for hydroxylation is 1. The fourth-order valence-corrected chi connectivity index (χ4v) is 4.89. The standard InChI is InChI=1S/C19H20FNO3S/c1-14-4-2-6-16(10-14)19(22)21(18-8-9-25(23,24)13-18)12-15-5-3-7-17(20)11-15/h2-7,10-11,18H,8-9,12-13H2,1H3/t18-/m0/s1. The maximum absolute atomic E-state index is 13.5. The molecule has 1 saturated heterocycles. The van der Waals surface area contributed by atoms with Crippen LogP contribution in [0.5, 0.6) is 0 Å². The topological polar surface area (TPSA) is 54.5 Å². The van der Waals surface area contributed by atoms with E-state index in [4.69, 9.17) is 0 Å². The van der Waals surface area contributed by atoms with Gasteiger partial charge in [-0.1, -0.05) is 29.8 Å². The van der Waals surface area contributed by atoms with Gasteiger partial charge in [0.15, 0.2) is 9.84 Å². The van der Waals surface area contributed by atoms with E-state index in [2.05, 4.69) is 0 Å². The van der Waals surface area contributed by atoms with Gasteiger partial charge in [-0.05, 0) is 43.2 Å². The van der Waals surface area contributed by atoms with E-state index < -0.39 is 9.84 Å². The first-order valence-corrected chi connectivity index (χ1v) is 9.99. The van der Waals surface area contributed by atoms with Gasteiger partial charge in [-0.25, -0.2) is 12.8 Å². The van der Waals surface area contributed by atoms with E-state index in [1.807, 2.05) is 13.0 Å². The van der Waals surface area contributed by atoms with Crippen molar-refractivity contribution in [1.82, 2.24) is 4.90 Å². The molecule has 1 amide bonds. The lowest BCUT2D eigenvalue weighted by atomic mass is 10.1. The molecule has 6 heteroatoms. The summed E-state index contributed by atoms with van der Waals surface area (Å²) < 4.78 is 37.2. The largest absolute Gasteiger partial charge is 0.330 e. The third-order valence-electron chi connectivity index (χ3n) is 4.42. The minimum absolute atomic E-state index is 0.0418. The fourth-order valence-electron chi connectivity index (χ4n) is 3.16. The number of halogens is 1. The Morgan fingerprint density at radius 2 is 1.96 bits per heavy atom. The SMILES string of the molecule is Cc1cccc(C(=O)N(Cc2cccc(F)c2)[C@H]2CCS(=O)(=O)C2)c1. The van der Waals surface area contributed by atoms with Gasteiger partial charge in [-0.3, -0.25) is 4.79 Å². The maximum atomic E-state index is 13.5. The first-order valence-electron chi connectivity index (χ1n) is 8.16. The van der Waals surface area contributed by atoms with Crippen LogP contribution in [0.2, 0.25) is 0 Å². The predicted octanol–water partition coefficient (Wildman–Crippen LogP) is 2.96. The van der Waals surface area contributed by atoms with Crippen molar-refractivity contribution in [3.8, 4) is 0 Å². The van der Waals surface area contributed by atoms with E-state index in [0.717, 1.165) is 5.56 Å². The average molecular weight is 361 g/mol. The Bertz CT molecular complexity index is 895. The number of nitrogens with zero attached hydrogens (tertiary/aromatic N) is 1. The molecule has 0 bridgehead atoms. The minimum atomic E-state index is -3.13. The number of benzene rings is 2. The zero-order valence-electron chi connectivity index (χ0n) is 14.0. The summed E-state index contributed by atoms with van der Waals surface area (Å²) >= 11 is 0. The average Bonchev–Trinajstić information content (AvgIpc) is 2.92. The molecule has 0 aromatic heterocycles. The van der Waals surface area contributed by atoms with Gasteiger partial charge in [-0.15, -0.1) is 0 Å². The molecule has 0 aliphatic carbocycles. The highest BCUT2D eigenvalue weighted by Gasteiger charge is 2.35. The first-order chi connectivity index (χ1) is 11.8. The summed E-state index contributed by atoms with van der Waals surface area (Å²) in [5.74, 6) is -0.562. The van der Waals surface area contributed by atoms with Crippen molar-refractivity contribution in [1.29, 1.82) is 0 Å². The fraction of sp³-hybridized carbons (Fsp3) is 0.316. The number of carbonyl (C=O) groups excluding carboxylic acids is 1. The van der Waals surface area contributed by atoms with Crippen molar-refractivity contribution in [3.05, 3.63) is 71.0 Å². The summed E-state index contributed by atoms with van der Waals surface area (Å²) in [5.41, 5.74) is 2.11. The highest BCUT2D eigenvalue weighted by atomic mass is 32.2. The van der Waals surface area contributed by atoms with Gasteiger partial charge in [-0.2, -0.15) is 0 Å². The number of sulfone groups is 1. The molecule has 1 aliphatic heterocycles. The van der Waals surface area contributed by atoms with Crippen molar-refractivity contribution >= 4 is 15.7 Å². The second-order valence-corrected chi connectivity index (χ2v) is 8.72. The van der Waals surface area contributed by atoms with Crippen LogP contribution < -0.4 is 0 Å². The van der Waals surface area contributed by atoms with Gasteiger partial charge in [0.25, 0.3) is 5.91 Å². The Morgan fingerprint density at radius 3 is 2.60 bits per heavy atom. The Morgan fingerprint density at radius 1 is 1.20 bits per heavy atom.